The van der Waals surface area contributed by atoms with E-state index in [1.54, 1.807) is 0 Å². The molecule has 0 atom stereocenters. The van der Waals surface area contributed by atoms with Crippen molar-refractivity contribution in [3.05, 3.63) is 64.7 Å². The lowest BCUT2D eigenvalue weighted by atomic mass is 10.0. The van der Waals surface area contributed by atoms with Crippen LogP contribution in [-0.2, 0) is 9.59 Å². The third-order valence-electron chi connectivity index (χ3n) is 3.56. The van der Waals surface area contributed by atoms with Gasteiger partial charge in [-0.05, 0) is 18.2 Å². The average Bonchev–Trinajstić information content (AvgIpc) is 2.75. The van der Waals surface area contributed by atoms with E-state index in [9.17, 15) is 0 Å². The first-order valence-corrected chi connectivity index (χ1v) is 7.85. The van der Waals surface area contributed by atoms with Crippen LogP contribution in [0.5, 0.6) is 0 Å². The Bertz CT molecular complexity index is 794. The van der Waals surface area contributed by atoms with Crippen LogP contribution in [0.1, 0.15) is 11.1 Å². The molecule has 0 bridgehead atoms. The standard InChI is InChI=1S/C16H15ClN2.C2H2O4/c1-19-10-9-18-16(12-5-3-2-4-6-12)14-11-13(17)7-8-15(14)19;3-1(4)2(5)6/h2-8,11H,9-10H2,1H3;(H,3,4)(H,5,6). The summed E-state index contributed by atoms with van der Waals surface area (Å²) in [4.78, 5) is 25.2. The Hall–Kier alpha value is -2.86. The van der Waals surface area contributed by atoms with Gasteiger partial charge in [0.15, 0.2) is 0 Å². The number of benzodiazepines with no additional fused rings is 1. The van der Waals surface area contributed by atoms with Crippen LogP contribution in [0.15, 0.2) is 53.5 Å². The zero-order valence-electron chi connectivity index (χ0n) is 13.5. The number of hydrogen-bond donors (Lipinski definition) is 2. The van der Waals surface area contributed by atoms with E-state index < -0.39 is 11.9 Å². The summed E-state index contributed by atoms with van der Waals surface area (Å²) in [7, 11) is 2.09. The van der Waals surface area contributed by atoms with Gasteiger partial charge in [0.1, 0.15) is 0 Å². The maximum absolute atomic E-state index is 9.10. The number of likely N-dealkylation sites (N-methyl/N-ethyl adjacent to an activating group) is 1. The Labute approximate surface area is 150 Å². The number of halogens is 1. The largest absolute Gasteiger partial charge is 0.473 e. The highest BCUT2D eigenvalue weighted by Crippen LogP contribution is 2.28. The first kappa shape index (κ1) is 18.5. The topological polar surface area (TPSA) is 90.2 Å². The van der Waals surface area contributed by atoms with E-state index in [1.165, 1.54) is 5.69 Å². The van der Waals surface area contributed by atoms with Gasteiger partial charge in [-0.15, -0.1) is 0 Å². The van der Waals surface area contributed by atoms with Crippen LogP contribution in [0.4, 0.5) is 5.69 Å². The Kier molecular flexibility index (Phi) is 6.14. The summed E-state index contributed by atoms with van der Waals surface area (Å²) >= 11 is 6.16. The molecule has 0 fully saturated rings. The van der Waals surface area contributed by atoms with Crippen molar-refractivity contribution in [2.75, 3.05) is 25.0 Å². The maximum atomic E-state index is 9.10. The SMILES string of the molecule is CN1CCN=C(c2ccccc2)c2cc(Cl)ccc21.O=C(O)C(=O)O. The van der Waals surface area contributed by atoms with Crippen LogP contribution in [0.25, 0.3) is 0 Å². The fourth-order valence-corrected chi connectivity index (χ4v) is 2.56. The van der Waals surface area contributed by atoms with Crippen LogP contribution < -0.4 is 4.90 Å². The number of aliphatic carboxylic acids is 2. The zero-order chi connectivity index (χ0) is 18.4. The van der Waals surface area contributed by atoms with E-state index in [4.69, 9.17) is 36.4 Å². The van der Waals surface area contributed by atoms with Crippen molar-refractivity contribution in [3.8, 4) is 0 Å². The van der Waals surface area contributed by atoms with Crippen molar-refractivity contribution >= 4 is 34.9 Å². The van der Waals surface area contributed by atoms with Crippen molar-refractivity contribution in [2.45, 2.75) is 0 Å². The van der Waals surface area contributed by atoms with Gasteiger partial charge in [-0.2, -0.15) is 0 Å². The maximum Gasteiger partial charge on any atom is 0.414 e. The molecular weight excluding hydrogens is 344 g/mol. The van der Waals surface area contributed by atoms with E-state index in [2.05, 4.69) is 30.1 Å². The van der Waals surface area contributed by atoms with E-state index in [-0.39, 0.29) is 0 Å². The molecule has 0 aromatic heterocycles. The first-order valence-electron chi connectivity index (χ1n) is 7.47. The van der Waals surface area contributed by atoms with Crippen LogP contribution >= 0.6 is 11.6 Å². The lowest BCUT2D eigenvalue weighted by molar-refractivity contribution is -0.159. The summed E-state index contributed by atoms with van der Waals surface area (Å²) in [5.74, 6) is -3.65. The molecule has 0 aliphatic carbocycles. The second-order valence-corrected chi connectivity index (χ2v) is 5.73. The molecule has 2 N–H and O–H groups in total. The Balaban J connectivity index is 0.000000326. The van der Waals surface area contributed by atoms with Crippen molar-refractivity contribution < 1.29 is 19.8 Å². The number of carboxylic acid groups (broad SMARTS) is 2. The monoisotopic (exact) mass is 360 g/mol. The summed E-state index contributed by atoms with van der Waals surface area (Å²) in [5.41, 5.74) is 4.46. The highest BCUT2D eigenvalue weighted by molar-refractivity contribution is 6.31. The molecule has 130 valence electrons. The van der Waals surface area contributed by atoms with Crippen LogP contribution in [0, 0.1) is 0 Å². The molecule has 0 spiro atoms. The molecule has 1 aliphatic heterocycles. The van der Waals surface area contributed by atoms with Crippen molar-refractivity contribution in [3.63, 3.8) is 0 Å². The lowest BCUT2D eigenvalue weighted by Crippen LogP contribution is -2.20. The smallest absolute Gasteiger partial charge is 0.414 e. The third-order valence-corrected chi connectivity index (χ3v) is 3.80. The van der Waals surface area contributed by atoms with Gasteiger partial charge >= 0.3 is 11.9 Å². The molecule has 0 saturated heterocycles. The minimum atomic E-state index is -1.82. The van der Waals surface area contributed by atoms with Gasteiger partial charge < -0.3 is 15.1 Å². The van der Waals surface area contributed by atoms with Gasteiger partial charge in [0.2, 0.25) is 0 Å². The summed E-state index contributed by atoms with van der Waals surface area (Å²) in [6, 6.07) is 16.3. The highest BCUT2D eigenvalue weighted by Gasteiger charge is 2.17. The Morgan fingerprint density at radius 2 is 1.72 bits per heavy atom. The van der Waals surface area contributed by atoms with Crippen LogP contribution in [0.3, 0.4) is 0 Å². The fraction of sp³-hybridized carbons (Fsp3) is 0.167. The minimum Gasteiger partial charge on any atom is -0.473 e. The number of anilines is 1. The quantitative estimate of drug-likeness (QED) is 0.763. The molecule has 0 amide bonds. The minimum absolute atomic E-state index is 0.748. The van der Waals surface area contributed by atoms with Crippen molar-refractivity contribution in [2.24, 2.45) is 4.99 Å². The number of aliphatic imine (C=N–C) groups is 1. The molecule has 1 heterocycles. The summed E-state index contributed by atoms with van der Waals surface area (Å²) in [6.45, 7) is 1.72. The molecule has 0 unspecified atom stereocenters. The van der Waals surface area contributed by atoms with Gasteiger partial charge in [-0.1, -0.05) is 41.9 Å². The molecule has 0 radical (unpaired) electrons. The molecule has 6 nitrogen and oxygen atoms in total. The van der Waals surface area contributed by atoms with Crippen molar-refractivity contribution in [1.82, 2.24) is 0 Å². The third kappa shape index (κ3) is 4.81. The summed E-state index contributed by atoms with van der Waals surface area (Å²) < 4.78 is 0. The molecule has 0 saturated carbocycles. The highest BCUT2D eigenvalue weighted by atomic mass is 35.5. The number of hydrogen-bond acceptors (Lipinski definition) is 4. The molecule has 2 aromatic carbocycles. The molecule has 3 rings (SSSR count). The number of rotatable bonds is 1. The van der Waals surface area contributed by atoms with Gasteiger partial charge in [-0.25, -0.2) is 9.59 Å². The van der Waals surface area contributed by atoms with E-state index >= 15 is 0 Å². The Morgan fingerprint density at radius 1 is 1.08 bits per heavy atom. The predicted molar refractivity (Wildman–Crippen MR) is 96.9 cm³/mol. The average molecular weight is 361 g/mol. The second kappa shape index (κ2) is 8.30. The van der Waals surface area contributed by atoms with Crippen LogP contribution in [0.2, 0.25) is 5.02 Å². The van der Waals surface area contributed by atoms with Gasteiger partial charge in [-0.3, -0.25) is 4.99 Å². The molecule has 2 aromatic rings. The number of carboxylic acids is 2. The summed E-state index contributed by atoms with van der Waals surface area (Å²) in [6.07, 6.45) is 0. The molecule has 7 heteroatoms. The van der Waals surface area contributed by atoms with Crippen molar-refractivity contribution in [1.29, 1.82) is 0 Å². The van der Waals surface area contributed by atoms with E-state index in [1.807, 2.05) is 30.3 Å². The normalized spacial score (nSPS) is 12.9. The number of benzene rings is 2. The molecular formula is C18H17ClN2O4. The van der Waals surface area contributed by atoms with Gasteiger partial charge in [0, 0.05) is 35.4 Å². The Morgan fingerprint density at radius 3 is 2.32 bits per heavy atom. The first-order chi connectivity index (χ1) is 11.9. The number of fused-ring (bicyclic) bond motifs is 1. The van der Waals surface area contributed by atoms with E-state index in [0.29, 0.717) is 0 Å². The lowest BCUT2D eigenvalue weighted by Gasteiger charge is -2.19. The van der Waals surface area contributed by atoms with Gasteiger partial charge in [0.25, 0.3) is 0 Å². The van der Waals surface area contributed by atoms with Crippen LogP contribution in [-0.4, -0.2) is 48.0 Å². The second-order valence-electron chi connectivity index (χ2n) is 5.29. The number of carbonyl (C=O) groups is 2. The molecule has 1 aliphatic rings. The summed E-state index contributed by atoms with van der Waals surface area (Å²) in [5, 5.41) is 15.5. The number of nitrogens with zero attached hydrogens (tertiary/aromatic N) is 2. The zero-order valence-corrected chi connectivity index (χ0v) is 14.3. The predicted octanol–water partition coefficient (Wildman–Crippen LogP) is 2.78. The molecule has 25 heavy (non-hydrogen) atoms. The van der Waals surface area contributed by atoms with Gasteiger partial charge in [0.05, 0.1) is 12.3 Å². The van der Waals surface area contributed by atoms with E-state index in [0.717, 1.165) is 35.0 Å². The fourth-order valence-electron chi connectivity index (χ4n) is 2.39.